The van der Waals surface area contributed by atoms with E-state index >= 15 is 0 Å². The molecule has 0 unspecified atom stereocenters. The molecule has 40 heteroatoms. The van der Waals surface area contributed by atoms with Crippen molar-refractivity contribution in [2.45, 2.75) is 119 Å². The number of nitrogens with zero attached hydrogens (tertiary/aromatic N) is 7. The normalized spacial score (nSPS) is 15.5. The predicted molar refractivity (Wildman–Crippen MR) is 495 cm³/mol. The molecule has 31 nitrogen and oxygen atoms in total. The largest absolute Gasteiger partial charge is 0.483 e. The van der Waals surface area contributed by atoms with Crippen molar-refractivity contribution in [3.8, 4) is 0 Å². The molecule has 7 aliphatic rings. The second kappa shape index (κ2) is 50.5. The van der Waals surface area contributed by atoms with E-state index in [9.17, 15) is 33.6 Å². The molecule has 9 heterocycles. The van der Waals surface area contributed by atoms with Gasteiger partial charge < -0.3 is 119 Å². The second-order valence-electron chi connectivity index (χ2n) is 31.9. The average molecular weight is 1780 g/mol. The third-order valence-corrected chi connectivity index (χ3v) is 24.2. The van der Waals surface area contributed by atoms with Crippen molar-refractivity contribution in [2.24, 2.45) is 0 Å². The average Bonchev–Trinajstić information content (AvgIpc) is 1.64. The van der Waals surface area contributed by atoms with Gasteiger partial charge in [0.1, 0.15) is 12.2 Å². The van der Waals surface area contributed by atoms with Crippen molar-refractivity contribution in [2.75, 3.05) is 91.6 Å². The van der Waals surface area contributed by atoms with E-state index in [1.807, 2.05) is 156 Å². The summed E-state index contributed by atoms with van der Waals surface area (Å²) in [5.74, 6) is 0.129. The van der Waals surface area contributed by atoms with Gasteiger partial charge in [-0.25, -0.2) is 14.4 Å². The van der Waals surface area contributed by atoms with Crippen LogP contribution in [0, 0.1) is 20.8 Å². The van der Waals surface area contributed by atoms with Crippen molar-refractivity contribution in [1.82, 2.24) is 39.6 Å². The number of benzene rings is 5. The number of fused-ring (bicyclic) bond motifs is 2. The molecule has 672 valence electrons. The number of rotatable bonds is 15. The molecular formula is C87H113B7N8O23S2. The summed E-state index contributed by atoms with van der Waals surface area (Å²) >= 11 is 3.20. The smallest absolute Gasteiger partial charge is 0.445 e. The van der Waals surface area contributed by atoms with Crippen molar-refractivity contribution < 1.29 is 113 Å². The highest BCUT2D eigenvalue weighted by Crippen LogP contribution is 2.34. The molecule has 0 spiro atoms. The van der Waals surface area contributed by atoms with Gasteiger partial charge in [0.05, 0.1) is 11.3 Å². The molecule has 0 radical (unpaired) electrons. The number of carbonyl (C=O) groups excluding carboxylic acids is 7. The van der Waals surface area contributed by atoms with E-state index in [0.717, 1.165) is 42.1 Å². The molecule has 127 heavy (non-hydrogen) atoms. The summed E-state index contributed by atoms with van der Waals surface area (Å²) in [5, 5.41) is 131. The van der Waals surface area contributed by atoms with Crippen molar-refractivity contribution in [3.05, 3.63) is 257 Å². The van der Waals surface area contributed by atoms with Gasteiger partial charge in [0.15, 0.2) is 0 Å². The zero-order valence-corrected chi connectivity index (χ0v) is 74.3. The lowest BCUT2D eigenvalue weighted by molar-refractivity contribution is -0.130. The summed E-state index contributed by atoms with van der Waals surface area (Å²) in [6.45, 7) is 20.2. The Balaban J connectivity index is 0.000000184. The number of thiophene rings is 2. The maximum absolute atomic E-state index is 12.6. The Morgan fingerprint density at radius 1 is 0.386 bits per heavy atom. The van der Waals surface area contributed by atoms with Crippen LogP contribution in [0.1, 0.15) is 125 Å². The first kappa shape index (κ1) is 102. The third kappa shape index (κ3) is 32.5. The molecule has 0 atom stereocenters. The van der Waals surface area contributed by atoms with Gasteiger partial charge in [-0.3, -0.25) is 19.2 Å². The van der Waals surface area contributed by atoms with Crippen LogP contribution in [0.5, 0.6) is 0 Å². The van der Waals surface area contributed by atoms with Crippen molar-refractivity contribution in [1.29, 1.82) is 0 Å². The Labute approximate surface area is 750 Å². The number of nitrogens with one attached hydrogen (secondary N) is 1. The molecule has 8 amide bonds. The van der Waals surface area contributed by atoms with Gasteiger partial charge in [0, 0.05) is 125 Å². The standard InChI is InChI=1S/C16H18BNO3S.C15H16BNO3S.C13H17BN2O3.C13H16BNO4.C13H16BNO3.C10H18BNO4.C7H12BNO3/c1-11-13-4-2-3-5-14(13)22-15(11)10-16(19)18-8-6-12(7-9-18)17(20)21;1-10-12-4-2-3-5-13(12)21-14(10)15(18)17-8-6-11(7-9-17)16(19)20;17-13(15-10-11-4-2-1-3-5-11)16-8-6-12(7-9-16)14(18)19;16-13(19-10-11-4-2-1-3-5-11)15-8-6-12(7-9-15)14(17)18;1-10-2-4-11(5-3-10)13(16)15-8-6-12(7-9-15)14(17)18;1-10(2,3)16-9(13)12-6-4-8(5-7-12)11(14)15;1-6(10)9-4-2-7(3-5-9)8(11)12/h2-6,20-21H,7-10H2,1H3;2-6,19-20H,7-9H2,1H3;1-6,18-19H,7-10H2,(H,15,17);1-6,17-18H,7-10H2;2-6,17-18H,7-9H2,1H3;4,14-15H,5-7H2,1-3H3;2,11-12H,3-5H2,1H3. The zero-order chi connectivity index (χ0) is 92.6. The molecule has 14 rings (SSSR count). The Hall–Kier alpha value is -10.2. The molecular weight excluding hydrogens is 1660 g/mol. The van der Waals surface area contributed by atoms with E-state index in [4.69, 9.17) is 79.8 Å². The maximum Gasteiger partial charge on any atom is 0.483 e. The van der Waals surface area contributed by atoms with Gasteiger partial charge in [-0.15, -0.1) is 22.7 Å². The fourth-order valence-corrected chi connectivity index (χ4v) is 16.3. The van der Waals surface area contributed by atoms with Crippen LogP contribution in [0.4, 0.5) is 14.4 Å². The van der Waals surface area contributed by atoms with E-state index in [2.05, 4.69) is 24.4 Å². The Morgan fingerprint density at radius 3 is 1.11 bits per heavy atom. The van der Waals surface area contributed by atoms with Crippen LogP contribution in [-0.4, -0.2) is 294 Å². The summed E-state index contributed by atoms with van der Waals surface area (Å²) in [7, 11) is -9.83. The summed E-state index contributed by atoms with van der Waals surface area (Å²) < 4.78 is 12.7. The molecule has 0 fully saturated rings. The number of amides is 8. The summed E-state index contributed by atoms with van der Waals surface area (Å²) in [5.41, 5.74) is 9.55. The first-order chi connectivity index (χ1) is 60.4. The molecule has 0 aliphatic carbocycles. The van der Waals surface area contributed by atoms with Gasteiger partial charge >= 0.3 is 68.0 Å². The van der Waals surface area contributed by atoms with Crippen molar-refractivity contribution in [3.63, 3.8) is 0 Å². The summed E-state index contributed by atoms with van der Waals surface area (Å²) in [6.07, 6.45) is 15.0. The van der Waals surface area contributed by atoms with Crippen LogP contribution in [0.2, 0.25) is 0 Å². The van der Waals surface area contributed by atoms with Crippen LogP contribution in [0.15, 0.2) is 214 Å². The molecule has 2 aromatic heterocycles. The van der Waals surface area contributed by atoms with E-state index in [1.165, 1.54) is 43.7 Å². The van der Waals surface area contributed by atoms with Crippen LogP contribution >= 0.6 is 22.7 Å². The Morgan fingerprint density at radius 2 is 0.732 bits per heavy atom. The number of hydrogen-bond acceptors (Lipinski definition) is 25. The lowest BCUT2D eigenvalue weighted by Crippen LogP contribution is -2.43. The SMILES string of the molecule is CC(=O)N1CC=C(B(O)O)CC1.CC(C)(C)OC(=O)N1CC=C(B(O)O)CC1.Cc1c(C(=O)N2CC=C(B(O)O)CC2)sc2ccccc12.Cc1c(CC(=O)N2CC=C(B(O)O)CC2)sc2ccccc12.Cc1ccc(C(=O)N2CC=C(B(O)O)CC2)cc1.O=C(NCc1ccccc1)N1CC=C(B(O)O)CC1.O=C(OCc1ccccc1)N1CC=C(B(O)O)CC1. The number of ether oxygens (including phenoxy) is 2. The molecule has 0 bridgehead atoms. The highest BCUT2D eigenvalue weighted by atomic mass is 32.1. The lowest BCUT2D eigenvalue weighted by Gasteiger charge is -2.29. The van der Waals surface area contributed by atoms with Gasteiger partial charge in [-0.1, -0.05) is 157 Å². The summed E-state index contributed by atoms with van der Waals surface area (Å²) in [4.78, 5) is 97.0. The Kier molecular flexibility index (Phi) is 40.6. The molecule has 5 aromatic carbocycles. The lowest BCUT2D eigenvalue weighted by atomic mass is 9.76. The maximum atomic E-state index is 12.6. The van der Waals surface area contributed by atoms with E-state index in [0.29, 0.717) is 193 Å². The van der Waals surface area contributed by atoms with Crippen LogP contribution in [0.25, 0.3) is 20.2 Å². The minimum absolute atomic E-state index is 0.0160. The van der Waals surface area contributed by atoms with Gasteiger partial charge in [0.25, 0.3) is 11.8 Å². The molecule has 7 aliphatic heterocycles. The van der Waals surface area contributed by atoms with Crippen LogP contribution in [0.3, 0.4) is 0 Å². The third-order valence-electron chi connectivity index (χ3n) is 21.7. The van der Waals surface area contributed by atoms with E-state index < -0.39 is 55.4 Å². The van der Waals surface area contributed by atoms with Gasteiger partial charge in [-0.2, -0.15) is 0 Å². The topological polar surface area (TPSA) is 456 Å². The van der Waals surface area contributed by atoms with Gasteiger partial charge in [-0.05, 0) is 182 Å². The fourth-order valence-electron chi connectivity index (χ4n) is 13.9. The van der Waals surface area contributed by atoms with Crippen LogP contribution < -0.4 is 5.32 Å². The second-order valence-corrected chi connectivity index (χ2v) is 34.1. The minimum atomic E-state index is -1.43. The van der Waals surface area contributed by atoms with Crippen molar-refractivity contribution >= 4 is 135 Å². The number of aryl methyl sites for hydroxylation is 3. The molecule has 0 saturated heterocycles. The molecule has 7 aromatic rings. The number of carbonyl (C=O) groups is 7. The predicted octanol–water partition coefficient (Wildman–Crippen LogP) is 5.95. The highest BCUT2D eigenvalue weighted by Gasteiger charge is 2.32. The van der Waals surface area contributed by atoms with Gasteiger partial charge in [0.2, 0.25) is 11.8 Å². The summed E-state index contributed by atoms with van der Waals surface area (Å²) in [6, 6.07) is 42.7. The Bertz CT molecular complexity index is 4980. The first-order valence-electron chi connectivity index (χ1n) is 41.9. The van der Waals surface area contributed by atoms with E-state index in [-0.39, 0.29) is 48.5 Å². The van der Waals surface area contributed by atoms with E-state index in [1.54, 1.807) is 78.4 Å². The number of hydrogen-bond donors (Lipinski definition) is 15. The quantitative estimate of drug-likeness (QED) is 0.0527. The number of urea groups is 1. The highest BCUT2D eigenvalue weighted by molar-refractivity contribution is 7.21. The molecule has 15 N–H and O–H groups in total. The fraction of sp³-hybridized carbons (Fsp3) is 0.368. The molecule has 0 saturated carbocycles. The minimum Gasteiger partial charge on any atom is -0.445 e. The monoisotopic (exact) mass is 1780 g/mol. The first-order valence-corrected chi connectivity index (χ1v) is 43.6. The van der Waals surface area contributed by atoms with Crippen LogP contribution in [-0.2, 0) is 38.6 Å². The zero-order valence-electron chi connectivity index (χ0n) is 72.6.